The number of H-pyrrole nitrogens is 1. The van der Waals surface area contributed by atoms with Gasteiger partial charge >= 0.3 is 0 Å². The molecule has 20 heavy (non-hydrogen) atoms. The molecule has 2 aromatic heterocycles. The van der Waals surface area contributed by atoms with Crippen LogP contribution in [0.4, 0.5) is 5.95 Å². The van der Waals surface area contributed by atoms with Crippen LogP contribution in [0.15, 0.2) is 21.2 Å². The Kier molecular flexibility index (Phi) is 3.03. The number of nitrogens with one attached hydrogen (secondary N) is 2. The van der Waals surface area contributed by atoms with E-state index in [1.54, 1.807) is 0 Å². The number of anilines is 1. The molecule has 6 nitrogen and oxygen atoms in total. The Morgan fingerprint density at radius 2 is 2.30 bits per heavy atom. The molecule has 2 atom stereocenters. The lowest BCUT2D eigenvalue weighted by molar-refractivity contribution is 0.381. The lowest BCUT2D eigenvalue weighted by atomic mass is 9.92. The number of fused-ring (bicyclic) bond motifs is 1. The summed E-state index contributed by atoms with van der Waals surface area (Å²) in [6.07, 6.45) is 2.51. The lowest BCUT2D eigenvalue weighted by Crippen LogP contribution is -2.45. The van der Waals surface area contributed by atoms with Gasteiger partial charge in [0.15, 0.2) is 16.3 Å². The van der Waals surface area contributed by atoms with E-state index in [1.165, 1.54) is 12.8 Å². The fourth-order valence-corrected chi connectivity index (χ4v) is 3.56. The number of nitrogens with zero attached hydrogens (tertiary/aromatic N) is 3. The molecule has 2 fully saturated rings. The molecular formula is C13H16BrN5O. The summed E-state index contributed by atoms with van der Waals surface area (Å²) < 4.78 is 6.21. The summed E-state index contributed by atoms with van der Waals surface area (Å²) in [7, 11) is 0. The number of furan rings is 1. The largest absolute Gasteiger partial charge is 0.446 e. The quantitative estimate of drug-likeness (QED) is 0.877. The predicted molar refractivity (Wildman–Crippen MR) is 78.5 cm³/mol. The second-order valence-corrected chi connectivity index (χ2v) is 6.19. The standard InChI is InChI=1S/C13H16BrN5O/c14-11-4-3-10(20-11)12-16-13(18-17-12)19-5-1-2-8-6-15-7-9(8)19/h3-4,8-9,15H,1-2,5-7H2,(H,16,17,18). The number of halogens is 1. The van der Waals surface area contributed by atoms with Crippen molar-refractivity contribution in [2.45, 2.75) is 18.9 Å². The van der Waals surface area contributed by atoms with Crippen LogP contribution in [0.2, 0.25) is 0 Å². The summed E-state index contributed by atoms with van der Waals surface area (Å²) in [5.74, 6) is 2.89. The molecule has 0 saturated carbocycles. The van der Waals surface area contributed by atoms with E-state index in [2.05, 4.69) is 41.3 Å². The van der Waals surface area contributed by atoms with E-state index in [0.717, 1.165) is 31.5 Å². The number of piperidine rings is 1. The SMILES string of the molecule is Brc1ccc(-c2nc(N3CCCC4CNCC43)n[nH]2)o1. The van der Waals surface area contributed by atoms with E-state index in [-0.39, 0.29) is 0 Å². The molecule has 2 aliphatic heterocycles. The highest BCUT2D eigenvalue weighted by atomic mass is 79.9. The number of hydrogen-bond donors (Lipinski definition) is 2. The summed E-state index contributed by atoms with van der Waals surface area (Å²) in [6, 6.07) is 4.26. The highest BCUT2D eigenvalue weighted by Gasteiger charge is 2.36. The predicted octanol–water partition coefficient (Wildman–Crippen LogP) is 2.02. The van der Waals surface area contributed by atoms with Crippen molar-refractivity contribution in [3.05, 3.63) is 16.8 Å². The van der Waals surface area contributed by atoms with Gasteiger partial charge in [0, 0.05) is 25.7 Å². The van der Waals surface area contributed by atoms with Gasteiger partial charge in [-0.25, -0.2) is 0 Å². The van der Waals surface area contributed by atoms with Gasteiger partial charge in [0.2, 0.25) is 5.95 Å². The summed E-state index contributed by atoms with van der Waals surface area (Å²) >= 11 is 3.30. The molecule has 0 radical (unpaired) electrons. The molecule has 2 aliphatic rings. The second-order valence-electron chi connectivity index (χ2n) is 5.41. The monoisotopic (exact) mass is 337 g/mol. The molecule has 2 aromatic rings. The van der Waals surface area contributed by atoms with Crippen LogP contribution in [0, 0.1) is 5.92 Å². The zero-order valence-electron chi connectivity index (χ0n) is 11.0. The van der Waals surface area contributed by atoms with Gasteiger partial charge in [-0.2, -0.15) is 4.98 Å². The molecule has 2 N–H and O–H groups in total. The van der Waals surface area contributed by atoms with Crippen LogP contribution in [-0.2, 0) is 0 Å². The topological polar surface area (TPSA) is 70.0 Å². The fourth-order valence-electron chi connectivity index (χ4n) is 3.25. The number of rotatable bonds is 2. The molecule has 0 bridgehead atoms. The summed E-state index contributed by atoms with van der Waals surface area (Å²) in [6.45, 7) is 3.17. The smallest absolute Gasteiger partial charge is 0.245 e. The van der Waals surface area contributed by atoms with Crippen LogP contribution in [0.1, 0.15) is 12.8 Å². The van der Waals surface area contributed by atoms with Gasteiger partial charge in [0.25, 0.3) is 0 Å². The van der Waals surface area contributed by atoms with Gasteiger partial charge in [-0.15, -0.1) is 5.10 Å². The molecule has 0 spiro atoms. The summed E-state index contributed by atoms with van der Waals surface area (Å²) in [5, 5.41) is 10.8. The Labute approximate surface area is 125 Å². The fraction of sp³-hybridized carbons (Fsp3) is 0.538. The molecule has 2 saturated heterocycles. The lowest BCUT2D eigenvalue weighted by Gasteiger charge is -2.36. The first kappa shape index (κ1) is 12.4. The van der Waals surface area contributed by atoms with E-state index in [1.807, 2.05) is 12.1 Å². The van der Waals surface area contributed by atoms with E-state index in [9.17, 15) is 0 Å². The van der Waals surface area contributed by atoms with Crippen LogP contribution in [0.5, 0.6) is 0 Å². The van der Waals surface area contributed by atoms with Crippen LogP contribution in [0.3, 0.4) is 0 Å². The van der Waals surface area contributed by atoms with Gasteiger partial charge in [0.05, 0.1) is 0 Å². The minimum Gasteiger partial charge on any atom is -0.446 e. The van der Waals surface area contributed by atoms with Crippen LogP contribution in [-0.4, -0.2) is 40.9 Å². The zero-order chi connectivity index (χ0) is 13.5. The highest BCUT2D eigenvalue weighted by molar-refractivity contribution is 9.10. The summed E-state index contributed by atoms with van der Waals surface area (Å²) in [5.41, 5.74) is 0. The third-order valence-corrected chi connectivity index (χ3v) is 4.64. The van der Waals surface area contributed by atoms with E-state index in [0.29, 0.717) is 22.3 Å². The van der Waals surface area contributed by atoms with Crippen LogP contribution in [0.25, 0.3) is 11.6 Å². The molecule has 4 rings (SSSR count). The van der Waals surface area contributed by atoms with Gasteiger partial charge in [-0.05, 0) is 46.8 Å². The minimum absolute atomic E-state index is 0.524. The van der Waals surface area contributed by atoms with Gasteiger partial charge < -0.3 is 14.6 Å². The molecule has 7 heteroatoms. The average Bonchev–Trinajstić information content (AvgIpc) is 3.17. The molecule has 0 amide bonds. The number of aromatic amines is 1. The van der Waals surface area contributed by atoms with Gasteiger partial charge in [0.1, 0.15) is 0 Å². The van der Waals surface area contributed by atoms with Crippen molar-refractivity contribution in [1.29, 1.82) is 0 Å². The van der Waals surface area contributed by atoms with Crippen molar-refractivity contribution in [3.8, 4) is 11.6 Å². The zero-order valence-corrected chi connectivity index (χ0v) is 12.6. The van der Waals surface area contributed by atoms with Crippen molar-refractivity contribution in [2.24, 2.45) is 5.92 Å². The van der Waals surface area contributed by atoms with Crippen LogP contribution >= 0.6 is 15.9 Å². The Morgan fingerprint density at radius 1 is 1.35 bits per heavy atom. The van der Waals surface area contributed by atoms with Crippen molar-refractivity contribution >= 4 is 21.9 Å². The first-order valence-corrected chi connectivity index (χ1v) is 7.76. The van der Waals surface area contributed by atoms with E-state index in [4.69, 9.17) is 4.42 Å². The Hall–Kier alpha value is -1.34. The highest BCUT2D eigenvalue weighted by Crippen LogP contribution is 2.30. The molecular weight excluding hydrogens is 322 g/mol. The second kappa shape index (κ2) is 4.89. The van der Waals surface area contributed by atoms with Gasteiger partial charge in [-0.3, -0.25) is 5.10 Å². The molecule has 2 unspecified atom stereocenters. The minimum atomic E-state index is 0.524. The van der Waals surface area contributed by atoms with Crippen molar-refractivity contribution < 1.29 is 4.42 Å². The maximum atomic E-state index is 5.51. The molecule has 106 valence electrons. The molecule has 4 heterocycles. The third-order valence-electron chi connectivity index (χ3n) is 4.22. The Morgan fingerprint density at radius 3 is 3.15 bits per heavy atom. The van der Waals surface area contributed by atoms with Crippen molar-refractivity contribution in [2.75, 3.05) is 24.5 Å². The number of aromatic nitrogens is 3. The maximum absolute atomic E-state index is 5.51. The average molecular weight is 338 g/mol. The van der Waals surface area contributed by atoms with Crippen molar-refractivity contribution in [1.82, 2.24) is 20.5 Å². The van der Waals surface area contributed by atoms with Gasteiger partial charge in [-0.1, -0.05) is 0 Å². The maximum Gasteiger partial charge on any atom is 0.245 e. The normalized spacial score (nSPS) is 25.9. The van der Waals surface area contributed by atoms with Crippen LogP contribution < -0.4 is 10.2 Å². The Balaban J connectivity index is 1.61. The van der Waals surface area contributed by atoms with Crippen molar-refractivity contribution in [3.63, 3.8) is 0 Å². The molecule has 0 aromatic carbocycles. The first-order chi connectivity index (χ1) is 9.81. The third kappa shape index (κ3) is 2.05. The summed E-state index contributed by atoms with van der Waals surface area (Å²) in [4.78, 5) is 6.92. The first-order valence-electron chi connectivity index (χ1n) is 6.97. The molecule has 0 aliphatic carbocycles. The van der Waals surface area contributed by atoms with E-state index >= 15 is 0 Å². The van der Waals surface area contributed by atoms with E-state index < -0.39 is 0 Å². The Bertz CT molecular complexity index is 609. The number of hydrogen-bond acceptors (Lipinski definition) is 5.